The maximum atomic E-state index is 12.1. The normalized spacial score (nSPS) is 11.7. The molecule has 2 rings (SSSR count). The second-order valence-electron chi connectivity index (χ2n) is 4.17. The van der Waals surface area contributed by atoms with E-state index in [1.54, 1.807) is 0 Å². The molecule has 0 bridgehead atoms. The fraction of sp³-hybridized carbons (Fsp3) is 0.250. The summed E-state index contributed by atoms with van der Waals surface area (Å²) in [6, 6.07) is 4.76. The van der Waals surface area contributed by atoms with Gasteiger partial charge in [-0.2, -0.15) is 0 Å². The van der Waals surface area contributed by atoms with Crippen LogP contribution in [0.1, 0.15) is 26.1 Å². The Morgan fingerprint density at radius 3 is 2.60 bits per heavy atom. The molecule has 0 unspecified atom stereocenters. The summed E-state index contributed by atoms with van der Waals surface area (Å²) in [6.07, 6.45) is 0. The summed E-state index contributed by atoms with van der Waals surface area (Å²) in [5, 5.41) is 8.79. The number of aromatic carboxylic acids is 1. The molecule has 0 fully saturated rings. The summed E-state index contributed by atoms with van der Waals surface area (Å²) in [7, 11) is -3.79. The Labute approximate surface area is 120 Å². The monoisotopic (exact) mass is 315 g/mol. The first-order valence-corrected chi connectivity index (χ1v) is 7.98. The molecule has 0 aromatic carbocycles. The van der Waals surface area contributed by atoms with Crippen LogP contribution < -0.4 is 4.72 Å². The van der Waals surface area contributed by atoms with Gasteiger partial charge in [0.2, 0.25) is 15.8 Å². The Morgan fingerprint density at radius 2 is 2.10 bits per heavy atom. The third-order valence-electron chi connectivity index (χ3n) is 2.60. The zero-order chi connectivity index (χ0) is 14.9. The van der Waals surface area contributed by atoms with Gasteiger partial charge in [-0.25, -0.2) is 17.9 Å². The highest BCUT2D eigenvalue weighted by Crippen LogP contribution is 2.21. The Kier molecular flexibility index (Phi) is 3.98. The maximum Gasteiger partial charge on any atom is 0.371 e. The Morgan fingerprint density at radius 1 is 1.40 bits per heavy atom. The molecule has 0 radical (unpaired) electrons. The Balaban J connectivity index is 2.20. The zero-order valence-electron chi connectivity index (χ0n) is 10.8. The van der Waals surface area contributed by atoms with Crippen molar-refractivity contribution in [3.63, 3.8) is 0 Å². The third-order valence-corrected chi connectivity index (χ3v) is 5.11. The molecule has 0 atom stereocenters. The quantitative estimate of drug-likeness (QED) is 0.881. The first kappa shape index (κ1) is 14.8. The van der Waals surface area contributed by atoms with Crippen LogP contribution in [0.15, 0.2) is 27.5 Å². The van der Waals surface area contributed by atoms with Crippen molar-refractivity contribution in [1.29, 1.82) is 0 Å². The lowest BCUT2D eigenvalue weighted by atomic mass is 10.4. The van der Waals surface area contributed by atoms with E-state index in [0.717, 1.165) is 15.8 Å². The standard InChI is InChI=1S/C12H13NO5S2/c1-7-3-4-9(19-7)6-13-20(16,17)11-5-10(12(14)15)18-8(11)2/h3-5,13H,6H2,1-2H3,(H,14,15). The van der Waals surface area contributed by atoms with E-state index in [-0.39, 0.29) is 17.2 Å². The average Bonchev–Trinajstić information content (AvgIpc) is 2.93. The molecule has 2 aromatic rings. The second kappa shape index (κ2) is 5.39. The van der Waals surface area contributed by atoms with Crippen LogP contribution in [0, 0.1) is 13.8 Å². The fourth-order valence-corrected chi connectivity index (χ4v) is 3.77. The minimum absolute atomic E-state index is 0.0530. The highest BCUT2D eigenvalue weighted by atomic mass is 32.2. The first-order chi connectivity index (χ1) is 9.29. The summed E-state index contributed by atoms with van der Waals surface area (Å²) in [4.78, 5) is 12.6. The number of sulfonamides is 1. The molecule has 2 heterocycles. The van der Waals surface area contributed by atoms with Gasteiger partial charge in [-0.05, 0) is 26.0 Å². The van der Waals surface area contributed by atoms with Gasteiger partial charge in [0.25, 0.3) is 0 Å². The molecule has 0 amide bonds. The summed E-state index contributed by atoms with van der Waals surface area (Å²) < 4.78 is 31.5. The predicted molar refractivity (Wildman–Crippen MR) is 73.5 cm³/mol. The molecule has 0 saturated carbocycles. The van der Waals surface area contributed by atoms with Crippen molar-refractivity contribution in [2.24, 2.45) is 0 Å². The summed E-state index contributed by atoms with van der Waals surface area (Å²) >= 11 is 1.49. The van der Waals surface area contributed by atoms with Gasteiger partial charge in [0, 0.05) is 22.4 Å². The highest BCUT2D eigenvalue weighted by molar-refractivity contribution is 7.89. The van der Waals surface area contributed by atoms with Crippen LogP contribution in [-0.4, -0.2) is 19.5 Å². The number of aryl methyl sites for hydroxylation is 2. The van der Waals surface area contributed by atoms with Crippen LogP contribution in [0.2, 0.25) is 0 Å². The highest BCUT2D eigenvalue weighted by Gasteiger charge is 2.23. The maximum absolute atomic E-state index is 12.1. The predicted octanol–water partition coefficient (Wildman–Crippen LogP) is 2.13. The van der Waals surface area contributed by atoms with Crippen LogP contribution >= 0.6 is 11.3 Å². The van der Waals surface area contributed by atoms with Crippen molar-refractivity contribution >= 4 is 27.3 Å². The van der Waals surface area contributed by atoms with Crippen molar-refractivity contribution in [1.82, 2.24) is 4.72 Å². The molecule has 0 saturated heterocycles. The Bertz CT molecular complexity index is 742. The van der Waals surface area contributed by atoms with E-state index < -0.39 is 21.8 Å². The van der Waals surface area contributed by atoms with E-state index in [9.17, 15) is 13.2 Å². The molecule has 0 aliphatic carbocycles. The molecule has 0 aliphatic heterocycles. The van der Waals surface area contributed by atoms with E-state index >= 15 is 0 Å². The number of furan rings is 1. The lowest BCUT2D eigenvalue weighted by Gasteiger charge is -2.03. The molecule has 0 aliphatic rings. The van der Waals surface area contributed by atoms with E-state index in [4.69, 9.17) is 9.52 Å². The molecule has 8 heteroatoms. The molecule has 2 aromatic heterocycles. The molecule has 20 heavy (non-hydrogen) atoms. The van der Waals surface area contributed by atoms with Gasteiger partial charge in [-0.3, -0.25) is 0 Å². The SMILES string of the molecule is Cc1ccc(CNS(=O)(=O)c2cc(C(=O)O)oc2C)s1. The van der Waals surface area contributed by atoms with Crippen molar-refractivity contribution in [3.8, 4) is 0 Å². The molecular weight excluding hydrogens is 302 g/mol. The number of nitrogens with one attached hydrogen (secondary N) is 1. The number of hydrogen-bond donors (Lipinski definition) is 2. The first-order valence-electron chi connectivity index (χ1n) is 5.68. The van der Waals surface area contributed by atoms with Gasteiger partial charge in [0.15, 0.2) is 0 Å². The Hall–Kier alpha value is -1.64. The average molecular weight is 315 g/mol. The van der Waals surface area contributed by atoms with Gasteiger partial charge >= 0.3 is 5.97 Å². The van der Waals surface area contributed by atoms with Crippen LogP contribution in [0.3, 0.4) is 0 Å². The zero-order valence-corrected chi connectivity index (χ0v) is 12.5. The number of rotatable bonds is 5. The topological polar surface area (TPSA) is 96.6 Å². The van der Waals surface area contributed by atoms with Crippen LogP contribution in [0.5, 0.6) is 0 Å². The van der Waals surface area contributed by atoms with E-state index in [0.29, 0.717) is 0 Å². The van der Waals surface area contributed by atoms with Crippen LogP contribution in [0.25, 0.3) is 0 Å². The summed E-state index contributed by atoms with van der Waals surface area (Å²) in [5.74, 6) is -1.64. The number of carboxylic acid groups (broad SMARTS) is 1. The van der Waals surface area contributed by atoms with Crippen molar-refractivity contribution in [3.05, 3.63) is 39.5 Å². The molecule has 0 spiro atoms. The summed E-state index contributed by atoms with van der Waals surface area (Å²) in [6.45, 7) is 3.51. The lowest BCUT2D eigenvalue weighted by Crippen LogP contribution is -2.23. The van der Waals surface area contributed by atoms with E-state index in [2.05, 4.69) is 4.72 Å². The van der Waals surface area contributed by atoms with Gasteiger partial charge < -0.3 is 9.52 Å². The minimum atomic E-state index is -3.79. The smallest absolute Gasteiger partial charge is 0.371 e. The van der Waals surface area contributed by atoms with Crippen LogP contribution in [-0.2, 0) is 16.6 Å². The van der Waals surface area contributed by atoms with Crippen molar-refractivity contribution < 1.29 is 22.7 Å². The number of hydrogen-bond acceptors (Lipinski definition) is 5. The fourth-order valence-electron chi connectivity index (χ4n) is 1.66. The van der Waals surface area contributed by atoms with E-state index in [1.807, 2.05) is 19.1 Å². The second-order valence-corrected chi connectivity index (χ2v) is 7.28. The van der Waals surface area contributed by atoms with Crippen molar-refractivity contribution in [2.75, 3.05) is 0 Å². The number of carboxylic acids is 1. The molecule has 108 valence electrons. The third kappa shape index (κ3) is 3.09. The minimum Gasteiger partial charge on any atom is -0.475 e. The van der Waals surface area contributed by atoms with Crippen molar-refractivity contribution in [2.45, 2.75) is 25.3 Å². The van der Waals surface area contributed by atoms with Gasteiger partial charge in [0.05, 0.1) is 0 Å². The van der Waals surface area contributed by atoms with Gasteiger partial charge in [-0.15, -0.1) is 11.3 Å². The van der Waals surface area contributed by atoms with E-state index in [1.165, 1.54) is 18.3 Å². The molecule has 6 nitrogen and oxygen atoms in total. The van der Waals surface area contributed by atoms with Gasteiger partial charge in [-0.1, -0.05) is 0 Å². The van der Waals surface area contributed by atoms with Crippen LogP contribution in [0.4, 0.5) is 0 Å². The summed E-state index contributed by atoms with van der Waals surface area (Å²) in [5.41, 5.74) is 0. The number of carbonyl (C=O) groups is 1. The molecule has 2 N–H and O–H groups in total. The lowest BCUT2D eigenvalue weighted by molar-refractivity contribution is 0.0661. The number of thiophene rings is 1. The largest absolute Gasteiger partial charge is 0.475 e. The molecular formula is C12H13NO5S2. The van der Waals surface area contributed by atoms with Gasteiger partial charge in [0.1, 0.15) is 10.7 Å².